The van der Waals surface area contributed by atoms with Crippen LogP contribution in [0.2, 0.25) is 0 Å². The van der Waals surface area contributed by atoms with E-state index in [1.807, 2.05) is 0 Å². The molecule has 5 rings (SSSR count). The van der Waals surface area contributed by atoms with Gasteiger partial charge in [-0.3, -0.25) is 28.8 Å². The van der Waals surface area contributed by atoms with Gasteiger partial charge in [0.1, 0.15) is 34.4 Å². The summed E-state index contributed by atoms with van der Waals surface area (Å²) in [5.41, 5.74) is 12.0. The van der Waals surface area contributed by atoms with Crippen molar-refractivity contribution in [2.24, 2.45) is 11.5 Å². The van der Waals surface area contributed by atoms with Crippen molar-refractivity contribution < 1.29 is 47.7 Å². The lowest BCUT2D eigenvalue weighted by Crippen LogP contribution is -2.44. The van der Waals surface area contributed by atoms with Gasteiger partial charge in [0.15, 0.2) is 0 Å². The number of benzene rings is 2. The fourth-order valence-corrected chi connectivity index (χ4v) is 7.57. The second-order valence-corrected chi connectivity index (χ2v) is 15.0. The van der Waals surface area contributed by atoms with Crippen LogP contribution in [0.4, 0.5) is 0 Å². The van der Waals surface area contributed by atoms with E-state index in [0.717, 1.165) is 0 Å². The maximum absolute atomic E-state index is 13.4. The predicted octanol–water partition coefficient (Wildman–Crippen LogP) is 1.44. The van der Waals surface area contributed by atoms with E-state index in [4.69, 9.17) is 30.4 Å². The Morgan fingerprint density at radius 1 is 0.484 bits per heavy atom. The number of pyridine rings is 1. The van der Waals surface area contributed by atoms with E-state index in [2.05, 4.69) is 36.9 Å². The topological polar surface area (TPSA) is 276 Å². The molecule has 0 aliphatic heterocycles. The fourth-order valence-electron chi connectivity index (χ4n) is 7.57. The maximum Gasteiger partial charge on any atom is 0.270 e. The van der Waals surface area contributed by atoms with Crippen molar-refractivity contribution in [3.8, 4) is 23.0 Å². The van der Waals surface area contributed by atoms with Gasteiger partial charge in [0.05, 0.1) is 50.7 Å². The molecule has 0 spiro atoms. The zero-order chi connectivity index (χ0) is 44.8. The minimum absolute atomic E-state index is 0.103. The van der Waals surface area contributed by atoms with Crippen LogP contribution in [-0.4, -0.2) is 119 Å². The van der Waals surface area contributed by atoms with Crippen LogP contribution in [0.3, 0.4) is 0 Å². The van der Waals surface area contributed by atoms with Crippen LogP contribution in [0.25, 0.3) is 0 Å². The molecule has 334 valence electrons. The van der Waals surface area contributed by atoms with Gasteiger partial charge in [-0.25, -0.2) is 4.98 Å². The monoisotopic (exact) mass is 859 g/mol. The van der Waals surface area contributed by atoms with Crippen molar-refractivity contribution in [3.05, 3.63) is 76.1 Å². The van der Waals surface area contributed by atoms with Gasteiger partial charge in [0.25, 0.3) is 35.4 Å². The van der Waals surface area contributed by atoms with Crippen LogP contribution in [0, 0.1) is 0 Å². The Balaban J connectivity index is 1.09. The average Bonchev–Trinajstić information content (AvgIpc) is 3.30. The van der Waals surface area contributed by atoms with Gasteiger partial charge < -0.3 is 62.3 Å². The largest absolute Gasteiger partial charge is 0.496 e. The molecule has 2 aromatic carbocycles. The fraction of sp³-hybridized carbons (Fsp3) is 0.465. The zero-order valence-corrected chi connectivity index (χ0v) is 35.5. The van der Waals surface area contributed by atoms with Crippen molar-refractivity contribution in [2.45, 2.75) is 75.5 Å². The minimum atomic E-state index is -0.430. The smallest absolute Gasteiger partial charge is 0.270 e. The molecule has 2 fully saturated rings. The van der Waals surface area contributed by atoms with Gasteiger partial charge in [-0.2, -0.15) is 0 Å². The molecular weight excluding hydrogens is 803 g/mol. The highest BCUT2D eigenvalue weighted by molar-refractivity contribution is 6.04. The van der Waals surface area contributed by atoms with Gasteiger partial charge in [-0.15, -0.1) is 0 Å². The standard InChI is InChI=1S/C43H57N9O10/c1-59-34-22-36(61-3)30(20-28(34)38(53)46-18-16-44)40(55)48-24-8-12-26(13-9-24)50-42(57)32-6-5-7-33(52-32)43(58)51-27-14-10-25(11-15-27)49-41(56)31-21-29(39(54)47-19-17-45)35(60-2)23-37(31)62-4/h5-7,20-27H,8-19,44-45H2,1-4H3,(H,46,53)(H,47,54)(H,48,55)(H,49,56)(H,50,57)(H,51,58). The highest BCUT2D eigenvalue weighted by Gasteiger charge is 2.29. The second-order valence-electron chi connectivity index (χ2n) is 15.0. The third-order valence-corrected chi connectivity index (χ3v) is 10.9. The first kappa shape index (κ1) is 46.6. The summed E-state index contributed by atoms with van der Waals surface area (Å²) in [5, 5.41) is 17.5. The van der Waals surface area contributed by atoms with E-state index in [1.165, 1.54) is 52.7 Å². The molecule has 19 heteroatoms. The Morgan fingerprint density at radius 2 is 0.774 bits per heavy atom. The van der Waals surface area contributed by atoms with Crippen LogP contribution < -0.4 is 62.3 Å². The van der Waals surface area contributed by atoms with Crippen LogP contribution >= 0.6 is 0 Å². The molecule has 1 heterocycles. The molecule has 0 radical (unpaired) electrons. The number of hydrogen-bond acceptors (Lipinski definition) is 13. The summed E-state index contributed by atoms with van der Waals surface area (Å²) >= 11 is 0. The Morgan fingerprint density at radius 3 is 1.06 bits per heavy atom. The first-order valence-corrected chi connectivity index (χ1v) is 20.6. The molecule has 0 unspecified atom stereocenters. The predicted molar refractivity (Wildman–Crippen MR) is 228 cm³/mol. The molecule has 0 bridgehead atoms. The molecule has 6 amide bonds. The molecular formula is C43H57N9O10. The molecule has 1 aromatic heterocycles. The van der Waals surface area contributed by atoms with Crippen LogP contribution in [-0.2, 0) is 0 Å². The Kier molecular flexibility index (Phi) is 16.8. The Bertz CT molecular complexity index is 1960. The third-order valence-electron chi connectivity index (χ3n) is 10.9. The summed E-state index contributed by atoms with van der Waals surface area (Å²) in [4.78, 5) is 83.2. The number of nitrogens with two attached hydrogens (primary N) is 2. The lowest BCUT2D eigenvalue weighted by atomic mass is 9.90. The number of aromatic nitrogens is 1. The first-order valence-electron chi connectivity index (χ1n) is 20.6. The van der Waals surface area contributed by atoms with Gasteiger partial charge in [0, 0.05) is 62.5 Å². The van der Waals surface area contributed by atoms with Gasteiger partial charge in [0.2, 0.25) is 0 Å². The van der Waals surface area contributed by atoms with E-state index in [1.54, 1.807) is 18.2 Å². The molecule has 0 atom stereocenters. The van der Waals surface area contributed by atoms with E-state index in [9.17, 15) is 28.8 Å². The van der Waals surface area contributed by atoms with Crippen LogP contribution in [0.15, 0.2) is 42.5 Å². The SMILES string of the molecule is COc1cc(OC)c(C(=O)NC2CCC(NC(=O)c3cccc(C(=O)NC4CCC(NC(=O)c5cc(C(=O)NCCN)c(OC)cc5OC)CC4)n3)CC2)cc1C(=O)NCCN. The van der Waals surface area contributed by atoms with E-state index in [0.29, 0.717) is 51.4 Å². The summed E-state index contributed by atoms with van der Waals surface area (Å²) in [7, 11) is 5.70. The molecule has 3 aromatic rings. The number of methoxy groups -OCH3 is 4. The molecule has 2 aliphatic carbocycles. The number of hydrogen-bond donors (Lipinski definition) is 8. The summed E-state index contributed by atoms with van der Waals surface area (Å²) in [6.45, 7) is 1.02. The Hall–Kier alpha value is -6.47. The normalized spacial score (nSPS) is 18.3. The Labute approximate surface area is 360 Å². The molecule has 19 nitrogen and oxygen atoms in total. The summed E-state index contributed by atoms with van der Waals surface area (Å²) in [6.07, 6.45) is 4.72. The maximum atomic E-state index is 13.4. The molecule has 2 saturated carbocycles. The summed E-state index contributed by atoms with van der Waals surface area (Å²) in [6, 6.07) is 9.86. The molecule has 62 heavy (non-hydrogen) atoms. The minimum Gasteiger partial charge on any atom is -0.496 e. The number of carbonyl (C=O) groups excluding carboxylic acids is 6. The van der Waals surface area contributed by atoms with Crippen molar-refractivity contribution in [2.75, 3.05) is 54.6 Å². The highest BCUT2D eigenvalue weighted by Crippen LogP contribution is 2.32. The zero-order valence-electron chi connectivity index (χ0n) is 35.5. The van der Waals surface area contributed by atoms with Crippen molar-refractivity contribution in [3.63, 3.8) is 0 Å². The van der Waals surface area contributed by atoms with Gasteiger partial charge in [-0.1, -0.05) is 6.07 Å². The van der Waals surface area contributed by atoms with Gasteiger partial charge in [-0.05, 0) is 75.6 Å². The van der Waals surface area contributed by atoms with E-state index >= 15 is 0 Å². The van der Waals surface area contributed by atoms with E-state index in [-0.39, 0.29) is 107 Å². The highest BCUT2D eigenvalue weighted by atomic mass is 16.5. The molecule has 0 saturated heterocycles. The summed E-state index contributed by atoms with van der Waals surface area (Å²) < 4.78 is 21.6. The lowest BCUT2D eigenvalue weighted by Gasteiger charge is -2.30. The first-order chi connectivity index (χ1) is 29.9. The number of carbonyl (C=O) groups is 6. The van der Waals surface area contributed by atoms with Gasteiger partial charge >= 0.3 is 0 Å². The summed E-state index contributed by atoms with van der Waals surface area (Å²) in [5.74, 6) is -1.49. The number of ether oxygens (including phenoxy) is 4. The number of rotatable bonds is 18. The average molecular weight is 860 g/mol. The number of amides is 6. The van der Waals surface area contributed by atoms with Crippen molar-refractivity contribution in [1.82, 2.24) is 36.9 Å². The third kappa shape index (κ3) is 11.9. The van der Waals surface area contributed by atoms with Crippen LogP contribution in [0.5, 0.6) is 23.0 Å². The molecule has 2 aliphatic rings. The van der Waals surface area contributed by atoms with Crippen LogP contribution in [0.1, 0.15) is 114 Å². The van der Waals surface area contributed by atoms with Crippen molar-refractivity contribution in [1.29, 1.82) is 0 Å². The van der Waals surface area contributed by atoms with Crippen molar-refractivity contribution >= 4 is 35.4 Å². The number of nitrogens with zero attached hydrogens (tertiary/aromatic N) is 1. The van der Waals surface area contributed by atoms with E-state index < -0.39 is 35.4 Å². The quantitative estimate of drug-likeness (QED) is 0.0901. The molecule has 10 N–H and O–H groups in total. The second kappa shape index (κ2) is 22.4. The number of nitrogens with one attached hydrogen (secondary N) is 6. The lowest BCUT2D eigenvalue weighted by molar-refractivity contribution is 0.0880.